The van der Waals surface area contributed by atoms with Gasteiger partial charge in [0.15, 0.2) is 0 Å². The zero-order valence-corrected chi connectivity index (χ0v) is 16.7. The summed E-state index contributed by atoms with van der Waals surface area (Å²) >= 11 is 0.839. The molecule has 5 nitrogen and oxygen atoms in total. The number of hydrogen-bond donors (Lipinski definition) is 1. The Morgan fingerprint density at radius 2 is 1.83 bits per heavy atom. The van der Waals surface area contributed by atoms with Crippen LogP contribution in [0.1, 0.15) is 30.4 Å². The predicted octanol–water partition coefficient (Wildman–Crippen LogP) is 4.17. The fourth-order valence-corrected chi connectivity index (χ4v) is 3.94. The molecule has 0 bridgehead atoms. The monoisotopic (exact) mass is 412 g/mol. The highest BCUT2D eigenvalue weighted by Gasteiger charge is 2.34. The second kappa shape index (κ2) is 9.52. The maximum absolute atomic E-state index is 13.0. The molecule has 1 aliphatic heterocycles. The normalized spacial score (nSPS) is 16.3. The van der Waals surface area contributed by atoms with Gasteiger partial charge in [-0.3, -0.25) is 19.3 Å². The number of carbonyl (C=O) groups is 3. The number of nitrogens with one attached hydrogen (secondary N) is 1. The molecule has 0 saturated carbocycles. The summed E-state index contributed by atoms with van der Waals surface area (Å²) in [5.41, 5.74) is 1.57. The molecule has 2 aromatic carbocycles. The Labute approximate surface area is 173 Å². The number of amides is 3. The van der Waals surface area contributed by atoms with E-state index >= 15 is 0 Å². The highest BCUT2D eigenvalue weighted by Crippen LogP contribution is 2.32. The van der Waals surface area contributed by atoms with Crippen LogP contribution in [0, 0.1) is 5.82 Å². The molecular weight excluding hydrogens is 391 g/mol. The Bertz CT molecular complexity index is 929. The summed E-state index contributed by atoms with van der Waals surface area (Å²) in [7, 11) is 0. The lowest BCUT2D eigenvalue weighted by molar-refractivity contribution is -0.125. The molecule has 1 unspecified atom stereocenters. The van der Waals surface area contributed by atoms with Gasteiger partial charge >= 0.3 is 0 Å². The second-order valence-corrected chi connectivity index (χ2v) is 7.54. The van der Waals surface area contributed by atoms with Crippen molar-refractivity contribution in [1.82, 2.24) is 10.2 Å². The number of rotatable bonds is 7. The predicted molar refractivity (Wildman–Crippen MR) is 112 cm³/mol. The number of thioether (sulfide) groups is 1. The molecule has 1 heterocycles. The number of imide groups is 1. The van der Waals surface area contributed by atoms with Gasteiger partial charge in [0, 0.05) is 13.1 Å². The van der Waals surface area contributed by atoms with Crippen molar-refractivity contribution in [3.8, 4) is 0 Å². The van der Waals surface area contributed by atoms with Gasteiger partial charge in [-0.1, -0.05) is 49.4 Å². The SMILES string of the molecule is CCC(C(=O)NCCN1C(=O)S/C(=C\c2ccc(F)cc2)C1=O)c1ccccc1. The lowest BCUT2D eigenvalue weighted by Gasteiger charge is -2.17. The Hall–Kier alpha value is -2.93. The van der Waals surface area contributed by atoms with E-state index in [1.165, 1.54) is 24.3 Å². The Morgan fingerprint density at radius 3 is 2.48 bits per heavy atom. The topological polar surface area (TPSA) is 66.5 Å². The van der Waals surface area contributed by atoms with E-state index in [1.807, 2.05) is 37.3 Å². The third-order valence-electron chi connectivity index (χ3n) is 4.60. The molecule has 3 amide bonds. The molecule has 7 heteroatoms. The average Bonchev–Trinajstić information content (AvgIpc) is 2.98. The quantitative estimate of drug-likeness (QED) is 0.693. The van der Waals surface area contributed by atoms with E-state index in [1.54, 1.807) is 6.08 Å². The van der Waals surface area contributed by atoms with Crippen LogP contribution in [0.4, 0.5) is 9.18 Å². The first-order valence-corrected chi connectivity index (χ1v) is 10.1. The molecule has 3 rings (SSSR count). The summed E-state index contributed by atoms with van der Waals surface area (Å²) in [6.07, 6.45) is 2.21. The van der Waals surface area contributed by atoms with Gasteiger partial charge in [0.2, 0.25) is 5.91 Å². The fraction of sp³-hybridized carbons (Fsp3) is 0.227. The molecule has 1 saturated heterocycles. The van der Waals surface area contributed by atoms with Crippen LogP contribution in [-0.4, -0.2) is 35.0 Å². The number of nitrogens with zero attached hydrogens (tertiary/aromatic N) is 1. The third kappa shape index (κ3) is 5.12. The van der Waals surface area contributed by atoms with Crippen molar-refractivity contribution in [2.24, 2.45) is 0 Å². The molecule has 1 N–H and O–H groups in total. The summed E-state index contributed by atoms with van der Waals surface area (Å²) < 4.78 is 13.0. The van der Waals surface area contributed by atoms with Gasteiger partial charge in [0.05, 0.1) is 10.8 Å². The van der Waals surface area contributed by atoms with E-state index in [0.717, 1.165) is 22.2 Å². The van der Waals surface area contributed by atoms with Crippen molar-refractivity contribution < 1.29 is 18.8 Å². The number of halogens is 1. The van der Waals surface area contributed by atoms with Crippen LogP contribution < -0.4 is 5.32 Å². The summed E-state index contributed by atoms with van der Waals surface area (Å²) in [5, 5.41) is 2.43. The van der Waals surface area contributed by atoms with Crippen LogP contribution in [-0.2, 0) is 9.59 Å². The lowest BCUT2D eigenvalue weighted by Crippen LogP contribution is -2.38. The average molecular weight is 412 g/mol. The smallest absolute Gasteiger partial charge is 0.293 e. The Morgan fingerprint density at radius 1 is 1.14 bits per heavy atom. The van der Waals surface area contributed by atoms with Gasteiger partial charge < -0.3 is 5.32 Å². The minimum absolute atomic E-state index is 0.0996. The third-order valence-corrected chi connectivity index (χ3v) is 5.51. The molecule has 2 aromatic rings. The zero-order valence-electron chi connectivity index (χ0n) is 15.9. The number of hydrogen-bond acceptors (Lipinski definition) is 4. The van der Waals surface area contributed by atoms with Crippen molar-refractivity contribution in [1.29, 1.82) is 0 Å². The van der Waals surface area contributed by atoms with E-state index < -0.39 is 5.91 Å². The molecule has 0 aromatic heterocycles. The highest BCUT2D eigenvalue weighted by molar-refractivity contribution is 8.18. The van der Waals surface area contributed by atoms with Crippen LogP contribution in [0.2, 0.25) is 0 Å². The van der Waals surface area contributed by atoms with E-state index in [9.17, 15) is 18.8 Å². The summed E-state index contributed by atoms with van der Waals surface area (Å²) in [5.74, 6) is -1.18. The maximum atomic E-state index is 13.0. The van der Waals surface area contributed by atoms with Gasteiger partial charge in [-0.05, 0) is 47.5 Å². The summed E-state index contributed by atoms with van der Waals surface area (Å²) in [6, 6.07) is 15.2. The van der Waals surface area contributed by atoms with Gasteiger partial charge in [-0.2, -0.15) is 0 Å². The molecule has 29 heavy (non-hydrogen) atoms. The van der Waals surface area contributed by atoms with Crippen molar-refractivity contribution in [2.75, 3.05) is 13.1 Å². The molecule has 1 aliphatic rings. The maximum Gasteiger partial charge on any atom is 0.293 e. The lowest BCUT2D eigenvalue weighted by atomic mass is 9.96. The van der Waals surface area contributed by atoms with Crippen LogP contribution in [0.3, 0.4) is 0 Å². The second-order valence-electron chi connectivity index (χ2n) is 6.55. The molecule has 0 spiro atoms. The molecule has 1 fully saturated rings. The number of carbonyl (C=O) groups excluding carboxylic acids is 3. The zero-order chi connectivity index (χ0) is 20.8. The van der Waals surface area contributed by atoms with E-state index in [4.69, 9.17) is 0 Å². The summed E-state index contributed by atoms with van der Waals surface area (Å²) in [4.78, 5) is 38.6. The van der Waals surface area contributed by atoms with Crippen LogP contribution in [0.5, 0.6) is 0 Å². The number of benzene rings is 2. The van der Waals surface area contributed by atoms with Crippen molar-refractivity contribution in [2.45, 2.75) is 19.3 Å². The highest BCUT2D eigenvalue weighted by atomic mass is 32.2. The standard InChI is InChI=1S/C22H21FN2O3S/c1-2-18(16-6-4-3-5-7-16)20(26)24-12-13-25-21(27)19(29-22(25)28)14-15-8-10-17(23)11-9-15/h3-11,14,18H,2,12-13H2,1H3,(H,24,26)/b19-14-. The molecule has 1 atom stereocenters. The molecular formula is C22H21FN2O3S. The van der Waals surface area contributed by atoms with Crippen molar-refractivity contribution >= 4 is 34.9 Å². The largest absolute Gasteiger partial charge is 0.354 e. The van der Waals surface area contributed by atoms with Gasteiger partial charge in [0.1, 0.15) is 5.82 Å². The Kier molecular flexibility index (Phi) is 6.82. The first kappa shape index (κ1) is 20.8. The first-order valence-electron chi connectivity index (χ1n) is 9.33. The van der Waals surface area contributed by atoms with Crippen molar-refractivity contribution in [3.05, 3.63) is 76.4 Å². The minimum Gasteiger partial charge on any atom is -0.354 e. The fourth-order valence-electron chi connectivity index (χ4n) is 3.08. The van der Waals surface area contributed by atoms with E-state index in [0.29, 0.717) is 12.0 Å². The molecule has 0 radical (unpaired) electrons. The van der Waals surface area contributed by atoms with Gasteiger partial charge in [0.25, 0.3) is 11.1 Å². The van der Waals surface area contributed by atoms with E-state index in [2.05, 4.69) is 5.32 Å². The summed E-state index contributed by atoms with van der Waals surface area (Å²) in [6.45, 7) is 2.22. The van der Waals surface area contributed by atoms with Crippen LogP contribution in [0.15, 0.2) is 59.5 Å². The van der Waals surface area contributed by atoms with E-state index in [-0.39, 0.29) is 40.9 Å². The Balaban J connectivity index is 1.58. The minimum atomic E-state index is -0.409. The van der Waals surface area contributed by atoms with Crippen LogP contribution >= 0.6 is 11.8 Å². The van der Waals surface area contributed by atoms with Crippen LogP contribution in [0.25, 0.3) is 6.08 Å². The van der Waals surface area contributed by atoms with Gasteiger partial charge in [-0.25, -0.2) is 4.39 Å². The molecule has 150 valence electrons. The molecule has 0 aliphatic carbocycles. The van der Waals surface area contributed by atoms with Crippen molar-refractivity contribution in [3.63, 3.8) is 0 Å². The first-order chi connectivity index (χ1) is 14.0. The van der Waals surface area contributed by atoms with Gasteiger partial charge in [-0.15, -0.1) is 0 Å².